The smallest absolute Gasteiger partial charge is 0.119 e. The molecule has 4 heteroatoms. The molecule has 1 unspecified atom stereocenters. The summed E-state index contributed by atoms with van der Waals surface area (Å²) < 4.78 is 17.8. The Hall–Kier alpha value is -0.870. The van der Waals surface area contributed by atoms with Crippen LogP contribution in [0.15, 0.2) is 24.3 Å². The van der Waals surface area contributed by atoms with Gasteiger partial charge in [-0.1, -0.05) is 31.4 Å². The van der Waals surface area contributed by atoms with E-state index in [1.54, 1.807) is 0 Å². The maximum Gasteiger partial charge on any atom is 0.119 e. The molecule has 0 aliphatic heterocycles. The van der Waals surface area contributed by atoms with E-state index < -0.39 is 10.8 Å². The lowest BCUT2D eigenvalue weighted by molar-refractivity contribution is 0.318. The second-order valence-corrected chi connectivity index (χ2v) is 7.23. The van der Waals surface area contributed by atoms with E-state index in [9.17, 15) is 4.21 Å². The van der Waals surface area contributed by atoms with Gasteiger partial charge >= 0.3 is 0 Å². The molecular weight excluding hydrogens is 270 g/mol. The number of nitrogens with two attached hydrogens (primary N) is 1. The van der Waals surface area contributed by atoms with Crippen molar-refractivity contribution in [2.75, 3.05) is 12.4 Å². The zero-order chi connectivity index (χ0) is 14.2. The maximum absolute atomic E-state index is 12.1. The van der Waals surface area contributed by atoms with Gasteiger partial charge in [0.15, 0.2) is 0 Å². The number of ether oxygens (including phenoxy) is 1. The van der Waals surface area contributed by atoms with Gasteiger partial charge in [-0.25, -0.2) is 0 Å². The Morgan fingerprint density at radius 3 is 2.80 bits per heavy atom. The first-order valence-electron chi connectivity index (χ1n) is 7.58. The molecule has 0 bridgehead atoms. The van der Waals surface area contributed by atoms with E-state index in [0.717, 1.165) is 36.3 Å². The molecule has 0 spiro atoms. The summed E-state index contributed by atoms with van der Waals surface area (Å²) in [5.74, 6) is 1.62. The topological polar surface area (TPSA) is 52.3 Å². The fraction of sp³-hybridized carbons (Fsp3) is 0.625. The van der Waals surface area contributed by atoms with Crippen molar-refractivity contribution in [1.82, 2.24) is 0 Å². The highest BCUT2D eigenvalue weighted by molar-refractivity contribution is 7.85. The first-order valence-corrected chi connectivity index (χ1v) is 8.97. The van der Waals surface area contributed by atoms with Crippen molar-refractivity contribution in [3.05, 3.63) is 29.8 Å². The van der Waals surface area contributed by atoms with E-state index in [1.165, 1.54) is 19.3 Å². The molecule has 0 aromatic heterocycles. The highest BCUT2D eigenvalue weighted by Crippen LogP contribution is 2.22. The van der Waals surface area contributed by atoms with Crippen LogP contribution in [0.4, 0.5) is 0 Å². The number of hydrogen-bond donors (Lipinski definition) is 1. The predicted molar refractivity (Wildman–Crippen MR) is 84.3 cm³/mol. The summed E-state index contributed by atoms with van der Waals surface area (Å²) in [4.78, 5) is 0. The minimum Gasteiger partial charge on any atom is -0.494 e. The normalized spacial score (nSPS) is 17.9. The van der Waals surface area contributed by atoms with E-state index in [2.05, 4.69) is 0 Å². The third-order valence-corrected chi connectivity index (χ3v) is 5.72. The monoisotopic (exact) mass is 295 g/mol. The van der Waals surface area contributed by atoms with Gasteiger partial charge < -0.3 is 10.5 Å². The van der Waals surface area contributed by atoms with Crippen LogP contribution in [0.25, 0.3) is 0 Å². The molecule has 112 valence electrons. The molecule has 1 saturated carbocycles. The average molecular weight is 295 g/mol. The van der Waals surface area contributed by atoms with Crippen molar-refractivity contribution < 1.29 is 8.95 Å². The zero-order valence-electron chi connectivity index (χ0n) is 12.1. The Morgan fingerprint density at radius 2 is 2.05 bits per heavy atom. The molecule has 2 rings (SSSR count). The van der Waals surface area contributed by atoms with Crippen LogP contribution in [-0.2, 0) is 17.3 Å². The van der Waals surface area contributed by atoms with Crippen LogP contribution in [-0.4, -0.2) is 21.8 Å². The van der Waals surface area contributed by atoms with E-state index in [1.807, 2.05) is 24.3 Å². The minimum atomic E-state index is -0.670. The van der Waals surface area contributed by atoms with Crippen LogP contribution in [0.5, 0.6) is 5.75 Å². The van der Waals surface area contributed by atoms with Crippen LogP contribution < -0.4 is 10.5 Å². The van der Waals surface area contributed by atoms with Gasteiger partial charge in [-0.15, -0.1) is 0 Å². The molecule has 20 heavy (non-hydrogen) atoms. The molecule has 2 N–H and O–H groups in total. The summed E-state index contributed by atoms with van der Waals surface area (Å²) in [6.45, 7) is 1.16. The van der Waals surface area contributed by atoms with Gasteiger partial charge in [-0.2, -0.15) is 0 Å². The Morgan fingerprint density at radius 1 is 1.25 bits per heavy atom. The SMILES string of the molecule is NCc1cccc(OCCCS(=O)C2CCCCC2)c1. The first-order chi connectivity index (χ1) is 9.79. The lowest BCUT2D eigenvalue weighted by Crippen LogP contribution is -2.21. The summed E-state index contributed by atoms with van der Waals surface area (Å²) >= 11 is 0. The largest absolute Gasteiger partial charge is 0.494 e. The van der Waals surface area contributed by atoms with Crippen molar-refractivity contribution in [1.29, 1.82) is 0 Å². The van der Waals surface area contributed by atoms with E-state index >= 15 is 0 Å². The fourth-order valence-electron chi connectivity index (χ4n) is 2.65. The first kappa shape index (κ1) is 15.5. The Bertz CT molecular complexity index is 430. The summed E-state index contributed by atoms with van der Waals surface area (Å²) in [7, 11) is -0.670. The Labute approximate surface area is 124 Å². The standard InChI is InChI=1S/C16H25NO2S/c17-13-14-6-4-7-15(12-14)19-10-5-11-20(18)16-8-2-1-3-9-16/h4,6-7,12,16H,1-3,5,8-11,13,17H2. The van der Waals surface area contributed by atoms with Crippen LogP contribution in [0.2, 0.25) is 0 Å². The summed E-state index contributed by atoms with van der Waals surface area (Å²) in [6.07, 6.45) is 6.96. The molecule has 1 atom stereocenters. The quantitative estimate of drug-likeness (QED) is 0.787. The fourth-order valence-corrected chi connectivity index (χ4v) is 4.24. The maximum atomic E-state index is 12.1. The van der Waals surface area contributed by atoms with Crippen molar-refractivity contribution >= 4 is 10.8 Å². The Balaban J connectivity index is 1.66. The minimum absolute atomic E-state index is 0.435. The van der Waals surface area contributed by atoms with Crippen LogP contribution in [0.1, 0.15) is 44.1 Å². The molecule has 0 amide bonds. The van der Waals surface area contributed by atoms with Crippen molar-refractivity contribution in [2.45, 2.75) is 50.3 Å². The highest BCUT2D eigenvalue weighted by atomic mass is 32.2. The molecule has 1 aliphatic rings. The lowest BCUT2D eigenvalue weighted by atomic mass is 10.0. The van der Waals surface area contributed by atoms with Gasteiger partial charge in [-0.3, -0.25) is 4.21 Å². The number of rotatable bonds is 7. The van der Waals surface area contributed by atoms with Gasteiger partial charge in [0.25, 0.3) is 0 Å². The third kappa shape index (κ3) is 4.91. The van der Waals surface area contributed by atoms with Crippen LogP contribution >= 0.6 is 0 Å². The van der Waals surface area contributed by atoms with Gasteiger partial charge in [0.1, 0.15) is 5.75 Å². The zero-order valence-corrected chi connectivity index (χ0v) is 12.9. The van der Waals surface area contributed by atoms with E-state index in [0.29, 0.717) is 18.4 Å². The second-order valence-electron chi connectivity index (χ2n) is 5.40. The van der Waals surface area contributed by atoms with Crippen molar-refractivity contribution in [3.8, 4) is 5.75 Å². The Kier molecular flexibility index (Phi) is 6.54. The molecule has 1 aromatic rings. The molecule has 0 heterocycles. The molecule has 3 nitrogen and oxygen atoms in total. The lowest BCUT2D eigenvalue weighted by Gasteiger charge is -2.20. The van der Waals surface area contributed by atoms with Crippen molar-refractivity contribution in [3.63, 3.8) is 0 Å². The third-order valence-electron chi connectivity index (χ3n) is 3.82. The number of hydrogen-bond acceptors (Lipinski definition) is 3. The summed E-state index contributed by atoms with van der Waals surface area (Å²) in [5.41, 5.74) is 6.68. The molecule has 0 saturated heterocycles. The molecule has 1 fully saturated rings. The van der Waals surface area contributed by atoms with Gasteiger partial charge in [-0.05, 0) is 37.0 Å². The molecule has 1 aromatic carbocycles. The highest BCUT2D eigenvalue weighted by Gasteiger charge is 2.19. The van der Waals surface area contributed by atoms with Gasteiger partial charge in [0, 0.05) is 28.3 Å². The number of benzene rings is 1. The summed E-state index contributed by atoms with van der Waals surface area (Å²) in [6, 6.07) is 7.86. The predicted octanol–water partition coefficient (Wildman–Crippen LogP) is 3.00. The molecular formula is C16H25NO2S. The van der Waals surface area contributed by atoms with Crippen LogP contribution in [0.3, 0.4) is 0 Å². The second kappa shape index (κ2) is 8.42. The van der Waals surface area contributed by atoms with Crippen LogP contribution in [0, 0.1) is 0 Å². The average Bonchev–Trinajstić information content (AvgIpc) is 2.52. The van der Waals surface area contributed by atoms with Gasteiger partial charge in [0.2, 0.25) is 0 Å². The molecule has 1 aliphatic carbocycles. The van der Waals surface area contributed by atoms with Gasteiger partial charge in [0.05, 0.1) is 6.61 Å². The van der Waals surface area contributed by atoms with E-state index in [4.69, 9.17) is 10.5 Å². The molecule has 0 radical (unpaired) electrons. The van der Waals surface area contributed by atoms with Crippen molar-refractivity contribution in [2.24, 2.45) is 5.73 Å². The summed E-state index contributed by atoms with van der Waals surface area (Å²) in [5, 5.41) is 0.435. The van der Waals surface area contributed by atoms with E-state index in [-0.39, 0.29) is 0 Å².